The summed E-state index contributed by atoms with van der Waals surface area (Å²) in [6.45, 7) is 1.95. The molecular formula is C19H21NO4. The van der Waals surface area contributed by atoms with Gasteiger partial charge in [-0.15, -0.1) is 0 Å². The van der Waals surface area contributed by atoms with Crippen molar-refractivity contribution in [1.29, 1.82) is 0 Å². The number of benzene rings is 2. The molecule has 0 saturated heterocycles. The molecule has 5 nitrogen and oxygen atoms in total. The molecule has 1 amide bonds. The smallest absolute Gasteiger partial charge is 0.248 e. The van der Waals surface area contributed by atoms with E-state index in [0.29, 0.717) is 22.9 Å². The second-order valence-electron chi connectivity index (χ2n) is 5.11. The van der Waals surface area contributed by atoms with Crippen LogP contribution in [0.1, 0.15) is 11.1 Å². The van der Waals surface area contributed by atoms with Gasteiger partial charge >= 0.3 is 0 Å². The van der Waals surface area contributed by atoms with Gasteiger partial charge in [0.2, 0.25) is 5.91 Å². The summed E-state index contributed by atoms with van der Waals surface area (Å²) >= 11 is 0. The molecule has 0 bridgehead atoms. The number of anilines is 1. The Balaban J connectivity index is 2.19. The fourth-order valence-electron chi connectivity index (χ4n) is 2.30. The molecule has 0 aliphatic carbocycles. The number of ether oxygens (including phenoxy) is 3. The first kappa shape index (κ1) is 17.4. The topological polar surface area (TPSA) is 56.8 Å². The highest BCUT2D eigenvalue weighted by Crippen LogP contribution is 2.31. The predicted molar refractivity (Wildman–Crippen MR) is 94.9 cm³/mol. The number of carbonyl (C=O) groups is 1. The van der Waals surface area contributed by atoms with Crippen LogP contribution in [0.25, 0.3) is 6.08 Å². The highest BCUT2D eigenvalue weighted by atomic mass is 16.5. The van der Waals surface area contributed by atoms with E-state index >= 15 is 0 Å². The van der Waals surface area contributed by atoms with Crippen molar-refractivity contribution in [1.82, 2.24) is 0 Å². The number of hydrogen-bond acceptors (Lipinski definition) is 4. The number of methoxy groups -OCH3 is 3. The largest absolute Gasteiger partial charge is 0.495 e. The zero-order chi connectivity index (χ0) is 17.5. The third-order valence-corrected chi connectivity index (χ3v) is 3.46. The summed E-state index contributed by atoms with van der Waals surface area (Å²) in [5, 5.41) is 2.82. The van der Waals surface area contributed by atoms with Gasteiger partial charge in [0.25, 0.3) is 0 Å². The molecule has 0 aromatic heterocycles. The lowest BCUT2D eigenvalue weighted by Crippen LogP contribution is -2.09. The SMILES string of the molecule is COc1ccc(C)cc1NC(=O)/C=C/c1cccc(OC)c1OC. The number of nitrogens with one attached hydrogen (secondary N) is 1. The van der Waals surface area contributed by atoms with Crippen molar-refractivity contribution in [3.63, 3.8) is 0 Å². The molecule has 0 heterocycles. The Morgan fingerprint density at radius 3 is 2.42 bits per heavy atom. The Hall–Kier alpha value is -2.95. The highest BCUT2D eigenvalue weighted by molar-refractivity contribution is 6.03. The lowest BCUT2D eigenvalue weighted by Gasteiger charge is -2.10. The molecule has 0 aliphatic rings. The number of carbonyl (C=O) groups excluding carboxylic acids is 1. The van der Waals surface area contributed by atoms with E-state index in [9.17, 15) is 4.79 Å². The lowest BCUT2D eigenvalue weighted by atomic mass is 10.1. The van der Waals surface area contributed by atoms with E-state index in [0.717, 1.165) is 11.1 Å². The van der Waals surface area contributed by atoms with Crippen LogP contribution < -0.4 is 19.5 Å². The molecule has 5 heteroatoms. The zero-order valence-corrected chi connectivity index (χ0v) is 14.3. The molecule has 0 unspecified atom stereocenters. The fourth-order valence-corrected chi connectivity index (χ4v) is 2.30. The molecule has 2 rings (SSSR count). The standard InChI is InChI=1S/C19H21NO4/c1-13-8-10-16(22-2)15(12-13)20-18(21)11-9-14-6-5-7-17(23-3)19(14)24-4/h5-12H,1-4H3,(H,20,21)/b11-9+. The van der Waals surface area contributed by atoms with Gasteiger partial charge in [0, 0.05) is 11.6 Å². The van der Waals surface area contributed by atoms with E-state index in [-0.39, 0.29) is 5.91 Å². The first-order valence-electron chi connectivity index (χ1n) is 7.43. The minimum Gasteiger partial charge on any atom is -0.495 e. The minimum absolute atomic E-state index is 0.260. The summed E-state index contributed by atoms with van der Waals surface area (Å²) in [6.07, 6.45) is 3.12. The van der Waals surface area contributed by atoms with Gasteiger partial charge in [0.05, 0.1) is 27.0 Å². The van der Waals surface area contributed by atoms with E-state index in [4.69, 9.17) is 14.2 Å². The monoisotopic (exact) mass is 327 g/mol. The van der Waals surface area contributed by atoms with Crippen molar-refractivity contribution in [2.24, 2.45) is 0 Å². The summed E-state index contributed by atoms with van der Waals surface area (Å²) < 4.78 is 15.8. The summed E-state index contributed by atoms with van der Waals surface area (Å²) in [7, 11) is 4.70. The third kappa shape index (κ3) is 4.07. The van der Waals surface area contributed by atoms with Crippen LogP contribution in [0.5, 0.6) is 17.2 Å². The Labute approximate surface area is 141 Å². The van der Waals surface area contributed by atoms with Crippen molar-refractivity contribution < 1.29 is 19.0 Å². The molecule has 2 aromatic carbocycles. The zero-order valence-electron chi connectivity index (χ0n) is 14.3. The van der Waals surface area contributed by atoms with Crippen LogP contribution in [-0.4, -0.2) is 27.2 Å². The number of hydrogen-bond donors (Lipinski definition) is 1. The van der Waals surface area contributed by atoms with E-state index in [1.807, 2.05) is 37.3 Å². The van der Waals surface area contributed by atoms with Gasteiger partial charge in [0.1, 0.15) is 5.75 Å². The minimum atomic E-state index is -0.260. The highest BCUT2D eigenvalue weighted by Gasteiger charge is 2.08. The van der Waals surface area contributed by atoms with Crippen LogP contribution >= 0.6 is 0 Å². The van der Waals surface area contributed by atoms with Crippen LogP contribution in [-0.2, 0) is 4.79 Å². The van der Waals surface area contributed by atoms with Gasteiger partial charge in [-0.05, 0) is 36.8 Å². The van der Waals surface area contributed by atoms with Crippen molar-refractivity contribution in [2.45, 2.75) is 6.92 Å². The van der Waals surface area contributed by atoms with Gasteiger partial charge in [-0.25, -0.2) is 0 Å². The summed E-state index contributed by atoms with van der Waals surface area (Å²) in [5.41, 5.74) is 2.41. The van der Waals surface area contributed by atoms with Gasteiger partial charge < -0.3 is 19.5 Å². The second-order valence-corrected chi connectivity index (χ2v) is 5.11. The Morgan fingerprint density at radius 2 is 1.75 bits per heavy atom. The number of rotatable bonds is 6. The molecule has 2 aromatic rings. The predicted octanol–water partition coefficient (Wildman–Crippen LogP) is 3.67. The molecular weight excluding hydrogens is 306 g/mol. The number of aryl methyl sites for hydroxylation is 1. The lowest BCUT2D eigenvalue weighted by molar-refractivity contribution is -0.111. The third-order valence-electron chi connectivity index (χ3n) is 3.46. The van der Waals surface area contributed by atoms with Crippen LogP contribution in [0.3, 0.4) is 0 Å². The Kier molecular flexibility index (Phi) is 5.84. The van der Waals surface area contributed by atoms with Crippen LogP contribution in [0, 0.1) is 6.92 Å². The average molecular weight is 327 g/mol. The number of para-hydroxylation sites is 1. The average Bonchev–Trinajstić information content (AvgIpc) is 2.59. The molecule has 0 spiro atoms. The van der Waals surface area contributed by atoms with E-state index in [2.05, 4.69) is 5.32 Å². The fraction of sp³-hybridized carbons (Fsp3) is 0.211. The molecule has 0 radical (unpaired) electrons. The molecule has 24 heavy (non-hydrogen) atoms. The Bertz CT molecular complexity index is 753. The summed E-state index contributed by atoms with van der Waals surface area (Å²) in [5.74, 6) is 1.54. The maximum absolute atomic E-state index is 12.2. The van der Waals surface area contributed by atoms with E-state index in [1.165, 1.54) is 6.08 Å². The molecule has 0 saturated carbocycles. The van der Waals surface area contributed by atoms with E-state index < -0.39 is 0 Å². The van der Waals surface area contributed by atoms with Gasteiger partial charge in [-0.2, -0.15) is 0 Å². The molecule has 0 fully saturated rings. The second kappa shape index (κ2) is 8.06. The first-order chi connectivity index (χ1) is 11.6. The van der Waals surface area contributed by atoms with Crippen LogP contribution in [0.4, 0.5) is 5.69 Å². The van der Waals surface area contributed by atoms with Crippen molar-refractivity contribution in [2.75, 3.05) is 26.6 Å². The van der Waals surface area contributed by atoms with E-state index in [1.54, 1.807) is 33.5 Å². The van der Waals surface area contributed by atoms with Crippen molar-refractivity contribution in [3.05, 3.63) is 53.6 Å². The van der Waals surface area contributed by atoms with Gasteiger partial charge in [0.15, 0.2) is 11.5 Å². The Morgan fingerprint density at radius 1 is 1.00 bits per heavy atom. The summed E-state index contributed by atoms with van der Waals surface area (Å²) in [4.78, 5) is 12.2. The van der Waals surface area contributed by atoms with Crippen LogP contribution in [0.15, 0.2) is 42.5 Å². The summed E-state index contributed by atoms with van der Waals surface area (Å²) in [6, 6.07) is 11.1. The first-order valence-corrected chi connectivity index (χ1v) is 7.43. The molecule has 0 atom stereocenters. The van der Waals surface area contributed by atoms with Gasteiger partial charge in [-0.3, -0.25) is 4.79 Å². The van der Waals surface area contributed by atoms with Crippen molar-refractivity contribution in [3.8, 4) is 17.2 Å². The van der Waals surface area contributed by atoms with Crippen molar-refractivity contribution >= 4 is 17.7 Å². The maximum Gasteiger partial charge on any atom is 0.248 e. The molecule has 0 aliphatic heterocycles. The molecule has 1 N–H and O–H groups in total. The normalized spacial score (nSPS) is 10.5. The quantitative estimate of drug-likeness (QED) is 0.823. The molecule has 126 valence electrons. The maximum atomic E-state index is 12.2. The van der Waals surface area contributed by atoms with Crippen LogP contribution in [0.2, 0.25) is 0 Å². The van der Waals surface area contributed by atoms with Gasteiger partial charge in [-0.1, -0.05) is 18.2 Å². The number of amides is 1.